The minimum absolute atomic E-state index is 0.117. The van der Waals surface area contributed by atoms with Gasteiger partial charge in [0.25, 0.3) is 0 Å². The molecule has 2 N–H and O–H groups in total. The molecule has 0 atom stereocenters. The Morgan fingerprint density at radius 2 is 1.76 bits per heavy atom. The highest BCUT2D eigenvalue weighted by Gasteiger charge is 2.11. The third-order valence-electron chi connectivity index (χ3n) is 3.39. The molecule has 0 bridgehead atoms. The van der Waals surface area contributed by atoms with Gasteiger partial charge < -0.3 is 10.6 Å². The van der Waals surface area contributed by atoms with Gasteiger partial charge in [0.15, 0.2) is 9.84 Å². The van der Waals surface area contributed by atoms with Crippen LogP contribution in [0, 0.1) is 0 Å². The molecule has 0 amide bonds. The molecule has 0 aliphatic rings. The average Bonchev–Trinajstić information content (AvgIpc) is 2.47. The molecule has 0 radical (unpaired) electrons. The largest absolute Gasteiger partial charge is 0.399 e. The average molecular weight is 304 g/mol. The van der Waals surface area contributed by atoms with Gasteiger partial charge in [-0.3, -0.25) is 0 Å². The second-order valence-corrected chi connectivity index (χ2v) is 7.28. The quantitative estimate of drug-likeness (QED) is 0.863. The number of nitrogen functional groups attached to an aromatic ring is 1. The fraction of sp³-hybridized carbons (Fsp3) is 0.250. The number of sulfone groups is 1. The second kappa shape index (κ2) is 6.18. The maximum absolute atomic E-state index is 11.8. The van der Waals surface area contributed by atoms with Crippen molar-refractivity contribution in [2.75, 3.05) is 23.4 Å². The van der Waals surface area contributed by atoms with Crippen LogP contribution in [0.15, 0.2) is 53.4 Å². The zero-order chi connectivity index (χ0) is 15.5. The molecule has 0 aliphatic heterocycles. The van der Waals surface area contributed by atoms with Gasteiger partial charge in [0, 0.05) is 25.0 Å². The van der Waals surface area contributed by atoms with Crippen molar-refractivity contribution in [1.82, 2.24) is 0 Å². The van der Waals surface area contributed by atoms with Crippen molar-refractivity contribution in [2.45, 2.75) is 18.4 Å². The summed E-state index contributed by atoms with van der Waals surface area (Å²) in [5.41, 5.74) is 8.59. The second-order valence-electron chi connectivity index (χ2n) is 5.00. The molecule has 0 saturated heterocycles. The van der Waals surface area contributed by atoms with Crippen LogP contribution in [-0.2, 0) is 16.4 Å². The number of benzene rings is 2. The fourth-order valence-electron chi connectivity index (χ4n) is 2.13. The van der Waals surface area contributed by atoms with Gasteiger partial charge in [-0.25, -0.2) is 8.42 Å². The molecule has 2 aromatic carbocycles. The van der Waals surface area contributed by atoms with E-state index in [-0.39, 0.29) is 5.75 Å². The van der Waals surface area contributed by atoms with Crippen LogP contribution < -0.4 is 10.6 Å². The summed E-state index contributed by atoms with van der Waals surface area (Å²) < 4.78 is 23.6. The van der Waals surface area contributed by atoms with E-state index in [9.17, 15) is 8.42 Å². The van der Waals surface area contributed by atoms with E-state index in [2.05, 4.69) is 4.90 Å². The molecular weight excluding hydrogens is 284 g/mol. The van der Waals surface area contributed by atoms with Gasteiger partial charge in [-0.2, -0.15) is 0 Å². The number of anilines is 2. The SMILES string of the molecule is CCS(=O)(=O)c1ccc(N(C)Cc2cccc(N)c2)cc1. The summed E-state index contributed by atoms with van der Waals surface area (Å²) in [6, 6.07) is 14.7. The first-order chi connectivity index (χ1) is 9.92. The molecule has 5 heteroatoms. The normalized spacial score (nSPS) is 11.3. The van der Waals surface area contributed by atoms with Gasteiger partial charge in [0.05, 0.1) is 10.6 Å². The zero-order valence-corrected chi connectivity index (χ0v) is 13.1. The number of rotatable bonds is 5. The lowest BCUT2D eigenvalue weighted by Crippen LogP contribution is -2.16. The van der Waals surface area contributed by atoms with Crippen LogP contribution >= 0.6 is 0 Å². The minimum atomic E-state index is -3.14. The van der Waals surface area contributed by atoms with Crippen LogP contribution in [0.1, 0.15) is 12.5 Å². The predicted molar refractivity (Wildman–Crippen MR) is 87.1 cm³/mol. The Balaban J connectivity index is 2.15. The van der Waals surface area contributed by atoms with Gasteiger partial charge in [0.1, 0.15) is 0 Å². The van der Waals surface area contributed by atoms with Crippen LogP contribution in [0.2, 0.25) is 0 Å². The molecular formula is C16H20N2O2S. The van der Waals surface area contributed by atoms with Crippen LogP contribution in [0.5, 0.6) is 0 Å². The van der Waals surface area contributed by atoms with Crippen molar-refractivity contribution in [3.63, 3.8) is 0 Å². The van der Waals surface area contributed by atoms with E-state index in [4.69, 9.17) is 5.73 Å². The monoisotopic (exact) mass is 304 g/mol. The van der Waals surface area contributed by atoms with Crippen LogP contribution in [0.25, 0.3) is 0 Å². The molecule has 2 aromatic rings. The first kappa shape index (κ1) is 15.4. The molecule has 112 valence electrons. The maximum Gasteiger partial charge on any atom is 0.178 e. The molecule has 21 heavy (non-hydrogen) atoms. The summed E-state index contributed by atoms with van der Waals surface area (Å²) in [6.07, 6.45) is 0. The summed E-state index contributed by atoms with van der Waals surface area (Å²) in [7, 11) is -1.18. The number of nitrogens with two attached hydrogens (primary N) is 1. The van der Waals surface area contributed by atoms with Gasteiger partial charge in [0.2, 0.25) is 0 Å². The lowest BCUT2D eigenvalue weighted by Gasteiger charge is -2.20. The van der Waals surface area contributed by atoms with Crippen molar-refractivity contribution in [1.29, 1.82) is 0 Å². The molecule has 2 rings (SSSR count). The van der Waals surface area contributed by atoms with Gasteiger partial charge >= 0.3 is 0 Å². The van der Waals surface area contributed by atoms with E-state index in [1.54, 1.807) is 19.1 Å². The Bertz CT molecular complexity index is 709. The van der Waals surface area contributed by atoms with Crippen LogP contribution in [0.3, 0.4) is 0 Å². The molecule has 0 fully saturated rings. The van der Waals surface area contributed by atoms with Gasteiger partial charge in [-0.15, -0.1) is 0 Å². The Morgan fingerprint density at radius 3 is 2.33 bits per heavy atom. The highest BCUT2D eigenvalue weighted by atomic mass is 32.2. The lowest BCUT2D eigenvalue weighted by molar-refractivity contribution is 0.597. The molecule has 0 spiro atoms. The molecule has 4 nitrogen and oxygen atoms in total. The Labute approximate surface area is 126 Å². The summed E-state index contributed by atoms with van der Waals surface area (Å²) in [6.45, 7) is 2.36. The molecule has 0 aromatic heterocycles. The van der Waals surface area contributed by atoms with E-state index in [1.165, 1.54) is 0 Å². The first-order valence-corrected chi connectivity index (χ1v) is 8.46. The predicted octanol–water partition coefficient (Wildman–Crippen LogP) is 2.70. The van der Waals surface area contributed by atoms with Crippen LogP contribution in [0.4, 0.5) is 11.4 Å². The van der Waals surface area contributed by atoms with Crippen LogP contribution in [-0.4, -0.2) is 21.2 Å². The zero-order valence-electron chi connectivity index (χ0n) is 12.3. The van der Waals surface area contributed by atoms with E-state index >= 15 is 0 Å². The van der Waals surface area contributed by atoms with Crippen molar-refractivity contribution < 1.29 is 8.42 Å². The van der Waals surface area contributed by atoms with Crippen molar-refractivity contribution in [3.8, 4) is 0 Å². The lowest BCUT2D eigenvalue weighted by atomic mass is 10.2. The highest BCUT2D eigenvalue weighted by molar-refractivity contribution is 7.91. The minimum Gasteiger partial charge on any atom is -0.399 e. The summed E-state index contributed by atoms with van der Waals surface area (Å²) in [4.78, 5) is 2.42. The number of hydrogen-bond acceptors (Lipinski definition) is 4. The molecule has 0 heterocycles. The van der Waals surface area contributed by atoms with E-state index in [0.717, 1.165) is 16.9 Å². The molecule has 0 aliphatic carbocycles. The summed E-state index contributed by atoms with van der Waals surface area (Å²) >= 11 is 0. The van der Waals surface area contributed by atoms with Gasteiger partial charge in [-0.05, 0) is 42.0 Å². The van der Waals surface area contributed by atoms with Crippen molar-refractivity contribution in [2.24, 2.45) is 0 Å². The maximum atomic E-state index is 11.8. The first-order valence-electron chi connectivity index (χ1n) is 6.81. The van der Waals surface area contributed by atoms with Crippen molar-refractivity contribution in [3.05, 3.63) is 54.1 Å². The molecule has 0 unspecified atom stereocenters. The van der Waals surface area contributed by atoms with Gasteiger partial charge in [-0.1, -0.05) is 19.1 Å². The number of hydrogen-bond donors (Lipinski definition) is 1. The Kier molecular flexibility index (Phi) is 4.53. The smallest absolute Gasteiger partial charge is 0.178 e. The highest BCUT2D eigenvalue weighted by Crippen LogP contribution is 2.20. The van der Waals surface area contributed by atoms with E-state index < -0.39 is 9.84 Å². The molecule has 0 saturated carbocycles. The van der Waals surface area contributed by atoms with E-state index in [0.29, 0.717) is 11.4 Å². The Hall–Kier alpha value is -2.01. The Morgan fingerprint density at radius 1 is 1.10 bits per heavy atom. The third-order valence-corrected chi connectivity index (χ3v) is 5.14. The number of nitrogens with zero attached hydrogens (tertiary/aromatic N) is 1. The standard InChI is InChI=1S/C16H20N2O2S/c1-3-21(19,20)16-9-7-15(8-10-16)18(2)12-13-5-4-6-14(17)11-13/h4-11H,3,12,17H2,1-2H3. The summed E-state index contributed by atoms with van der Waals surface area (Å²) in [5, 5.41) is 0. The topological polar surface area (TPSA) is 63.4 Å². The van der Waals surface area contributed by atoms with Crippen molar-refractivity contribution >= 4 is 21.2 Å². The summed E-state index contributed by atoms with van der Waals surface area (Å²) in [5.74, 6) is 0.117. The van der Waals surface area contributed by atoms with E-state index in [1.807, 2.05) is 43.4 Å². The fourth-order valence-corrected chi connectivity index (χ4v) is 3.02. The third kappa shape index (κ3) is 3.76.